The first-order chi connectivity index (χ1) is 8.18. The van der Waals surface area contributed by atoms with Gasteiger partial charge in [-0.3, -0.25) is 4.21 Å². The minimum absolute atomic E-state index is 0.129. The summed E-state index contributed by atoms with van der Waals surface area (Å²) in [4.78, 5) is 0.749. The third-order valence-electron chi connectivity index (χ3n) is 3.14. The van der Waals surface area contributed by atoms with Gasteiger partial charge in [-0.2, -0.15) is 0 Å². The Morgan fingerprint density at radius 2 is 2.29 bits per heavy atom. The van der Waals surface area contributed by atoms with Crippen molar-refractivity contribution in [2.75, 3.05) is 18.1 Å². The highest BCUT2D eigenvalue weighted by Gasteiger charge is 2.19. The molecule has 2 atom stereocenters. The number of benzene rings is 1. The molecule has 1 aromatic carbocycles. The summed E-state index contributed by atoms with van der Waals surface area (Å²) >= 11 is 0. The molecule has 1 aliphatic rings. The quantitative estimate of drug-likeness (QED) is 0.841. The zero-order valence-electron chi connectivity index (χ0n) is 10.1. The van der Waals surface area contributed by atoms with Crippen LogP contribution in [0.1, 0.15) is 24.8 Å². The van der Waals surface area contributed by atoms with Gasteiger partial charge in [0.05, 0.1) is 33.2 Å². The van der Waals surface area contributed by atoms with E-state index >= 15 is 0 Å². The Bertz CT molecular complexity index is 414. The van der Waals surface area contributed by atoms with Crippen molar-refractivity contribution in [2.24, 2.45) is 0 Å². The fourth-order valence-corrected chi connectivity index (χ4v) is 3.47. The minimum Gasteiger partial charge on any atom is -0.398 e. The van der Waals surface area contributed by atoms with Crippen LogP contribution in [0.25, 0.3) is 0 Å². The van der Waals surface area contributed by atoms with Crippen LogP contribution in [0.5, 0.6) is 0 Å². The van der Waals surface area contributed by atoms with Gasteiger partial charge in [-0.1, -0.05) is 12.1 Å². The average molecular weight is 253 g/mol. The molecule has 1 fully saturated rings. The maximum Gasteiger partial charge on any atom is 0.0693 e. The SMILES string of the molecule is Cc1cccc(S(=O)CC2CCCCO2)c1N. The van der Waals surface area contributed by atoms with Gasteiger partial charge in [0.15, 0.2) is 0 Å². The lowest BCUT2D eigenvalue weighted by Gasteiger charge is -2.22. The highest BCUT2D eigenvalue weighted by Crippen LogP contribution is 2.22. The normalized spacial score (nSPS) is 22.3. The van der Waals surface area contributed by atoms with Crippen LogP contribution in [0, 0.1) is 6.92 Å². The number of nitrogen functional groups attached to an aromatic ring is 1. The smallest absolute Gasteiger partial charge is 0.0693 e. The van der Waals surface area contributed by atoms with Crippen LogP contribution in [0.4, 0.5) is 5.69 Å². The first-order valence-corrected chi connectivity index (χ1v) is 7.35. The summed E-state index contributed by atoms with van der Waals surface area (Å²) in [6, 6.07) is 5.69. The highest BCUT2D eigenvalue weighted by atomic mass is 32.2. The molecule has 2 unspecified atom stereocenters. The number of hydrogen-bond acceptors (Lipinski definition) is 3. The van der Waals surface area contributed by atoms with Gasteiger partial charge in [0.1, 0.15) is 0 Å². The standard InChI is InChI=1S/C13H19NO2S/c1-10-5-4-7-12(13(10)14)17(15)9-11-6-2-3-8-16-11/h4-5,7,11H,2-3,6,8-9,14H2,1H3. The summed E-state index contributed by atoms with van der Waals surface area (Å²) < 4.78 is 17.8. The molecule has 1 aliphatic heterocycles. The molecule has 0 saturated carbocycles. The summed E-state index contributed by atoms with van der Waals surface area (Å²) in [5.74, 6) is 0.563. The maximum atomic E-state index is 12.2. The number of nitrogens with two attached hydrogens (primary N) is 1. The molecule has 1 saturated heterocycles. The lowest BCUT2D eigenvalue weighted by Crippen LogP contribution is -2.25. The Balaban J connectivity index is 2.06. The van der Waals surface area contributed by atoms with Crippen molar-refractivity contribution in [1.82, 2.24) is 0 Å². The second-order valence-corrected chi connectivity index (χ2v) is 5.95. The van der Waals surface area contributed by atoms with Crippen LogP contribution < -0.4 is 5.73 Å². The molecule has 4 heteroatoms. The Labute approximate surface area is 105 Å². The van der Waals surface area contributed by atoms with Crippen molar-refractivity contribution < 1.29 is 8.95 Å². The fraction of sp³-hybridized carbons (Fsp3) is 0.538. The van der Waals surface area contributed by atoms with Crippen LogP contribution in [0.3, 0.4) is 0 Å². The van der Waals surface area contributed by atoms with E-state index in [4.69, 9.17) is 10.5 Å². The molecule has 1 aromatic rings. The molecule has 0 radical (unpaired) electrons. The fourth-order valence-electron chi connectivity index (χ4n) is 2.05. The van der Waals surface area contributed by atoms with Gasteiger partial charge in [0.25, 0.3) is 0 Å². The van der Waals surface area contributed by atoms with Crippen molar-refractivity contribution in [3.05, 3.63) is 23.8 Å². The van der Waals surface area contributed by atoms with Gasteiger partial charge in [-0.15, -0.1) is 0 Å². The molecule has 94 valence electrons. The van der Waals surface area contributed by atoms with E-state index in [9.17, 15) is 4.21 Å². The van der Waals surface area contributed by atoms with Gasteiger partial charge in [0.2, 0.25) is 0 Å². The number of anilines is 1. The van der Waals surface area contributed by atoms with E-state index in [-0.39, 0.29) is 6.10 Å². The third-order valence-corrected chi connectivity index (χ3v) is 4.66. The molecule has 0 aliphatic carbocycles. The monoisotopic (exact) mass is 253 g/mol. The summed E-state index contributed by atoms with van der Waals surface area (Å²) in [6.07, 6.45) is 3.43. The van der Waals surface area contributed by atoms with Gasteiger partial charge >= 0.3 is 0 Å². The van der Waals surface area contributed by atoms with Crippen molar-refractivity contribution in [2.45, 2.75) is 37.2 Å². The van der Waals surface area contributed by atoms with E-state index < -0.39 is 10.8 Å². The molecule has 0 bridgehead atoms. The Morgan fingerprint density at radius 3 is 3.00 bits per heavy atom. The van der Waals surface area contributed by atoms with Crippen molar-refractivity contribution in [3.8, 4) is 0 Å². The molecular formula is C13H19NO2S. The van der Waals surface area contributed by atoms with Crippen LogP contribution in [-0.4, -0.2) is 22.7 Å². The van der Waals surface area contributed by atoms with Gasteiger partial charge in [0, 0.05) is 6.61 Å². The highest BCUT2D eigenvalue weighted by molar-refractivity contribution is 7.85. The largest absolute Gasteiger partial charge is 0.398 e. The third kappa shape index (κ3) is 3.07. The van der Waals surface area contributed by atoms with E-state index in [2.05, 4.69) is 0 Å². The summed E-state index contributed by atoms with van der Waals surface area (Å²) in [5.41, 5.74) is 7.60. The topological polar surface area (TPSA) is 52.3 Å². The summed E-state index contributed by atoms with van der Waals surface area (Å²) in [6.45, 7) is 2.73. The van der Waals surface area contributed by atoms with Crippen LogP contribution in [-0.2, 0) is 15.5 Å². The molecule has 17 heavy (non-hydrogen) atoms. The zero-order chi connectivity index (χ0) is 12.3. The van der Waals surface area contributed by atoms with Gasteiger partial charge in [-0.05, 0) is 37.8 Å². The van der Waals surface area contributed by atoms with E-state index in [1.807, 2.05) is 25.1 Å². The molecule has 2 rings (SSSR count). The molecular weight excluding hydrogens is 234 g/mol. The van der Waals surface area contributed by atoms with Crippen LogP contribution in [0.15, 0.2) is 23.1 Å². The van der Waals surface area contributed by atoms with Crippen molar-refractivity contribution in [1.29, 1.82) is 0 Å². The first-order valence-electron chi connectivity index (χ1n) is 6.03. The van der Waals surface area contributed by atoms with Crippen molar-refractivity contribution >= 4 is 16.5 Å². The Kier molecular flexibility index (Phi) is 4.18. The Morgan fingerprint density at radius 1 is 1.47 bits per heavy atom. The molecule has 0 aromatic heterocycles. The molecule has 0 amide bonds. The van der Waals surface area contributed by atoms with Crippen LogP contribution >= 0.6 is 0 Å². The zero-order valence-corrected chi connectivity index (χ0v) is 11.0. The van der Waals surface area contributed by atoms with E-state index in [0.29, 0.717) is 11.4 Å². The minimum atomic E-state index is -1.05. The predicted octanol–water partition coefficient (Wildman–Crippen LogP) is 2.25. The summed E-state index contributed by atoms with van der Waals surface area (Å²) in [7, 11) is -1.05. The number of rotatable bonds is 3. The molecule has 3 nitrogen and oxygen atoms in total. The lowest BCUT2D eigenvalue weighted by molar-refractivity contribution is 0.0310. The Hall–Kier alpha value is -0.870. The van der Waals surface area contributed by atoms with Gasteiger partial charge in [-0.25, -0.2) is 0 Å². The molecule has 2 N–H and O–H groups in total. The average Bonchev–Trinajstić information content (AvgIpc) is 2.34. The molecule has 1 heterocycles. The van der Waals surface area contributed by atoms with Crippen LogP contribution in [0.2, 0.25) is 0 Å². The number of ether oxygens (including phenoxy) is 1. The van der Waals surface area contributed by atoms with Gasteiger partial charge < -0.3 is 10.5 Å². The second kappa shape index (κ2) is 5.65. The van der Waals surface area contributed by atoms with E-state index in [0.717, 1.165) is 29.9 Å². The van der Waals surface area contributed by atoms with E-state index in [1.165, 1.54) is 6.42 Å². The number of aryl methyl sites for hydroxylation is 1. The summed E-state index contributed by atoms with van der Waals surface area (Å²) in [5, 5.41) is 0. The second-order valence-electron chi connectivity index (χ2n) is 4.49. The molecule has 0 spiro atoms. The number of hydrogen-bond donors (Lipinski definition) is 1. The predicted molar refractivity (Wildman–Crippen MR) is 70.5 cm³/mol. The first kappa shape index (κ1) is 12.6. The number of para-hydroxylation sites is 1. The van der Waals surface area contributed by atoms with Crippen molar-refractivity contribution in [3.63, 3.8) is 0 Å². The van der Waals surface area contributed by atoms with E-state index in [1.54, 1.807) is 0 Å². The lowest BCUT2D eigenvalue weighted by atomic mass is 10.1. The maximum absolute atomic E-state index is 12.2.